The maximum absolute atomic E-state index is 11.8. The average Bonchev–Trinajstić information content (AvgIpc) is 0.887. The Labute approximate surface area is 750 Å². The molecule has 0 radical (unpaired) electrons. The van der Waals surface area contributed by atoms with E-state index in [4.69, 9.17) is 0 Å². The average molecular weight is 1710 g/mol. The van der Waals surface area contributed by atoms with Gasteiger partial charge in [-0.3, -0.25) is 38.4 Å². The molecular formula is C104H216N8O8. The van der Waals surface area contributed by atoms with E-state index in [-0.39, 0.29) is 29.5 Å². The number of hydrogen-bond acceptors (Lipinski definition) is 8. The molecule has 8 fully saturated rings. The lowest BCUT2D eigenvalue weighted by Gasteiger charge is -2.28. The Morgan fingerprint density at radius 3 is 0.408 bits per heavy atom. The number of nitrogens with one attached hydrogen (secondary N) is 5. The number of carbonyl (C=O) groups is 8. The maximum Gasteiger partial charge on any atom is 0.225 e. The van der Waals surface area contributed by atoms with Crippen molar-refractivity contribution >= 4 is 47.3 Å². The Bertz CT molecular complexity index is 2010. The van der Waals surface area contributed by atoms with Crippen molar-refractivity contribution in [1.82, 2.24) is 41.3 Å². The summed E-state index contributed by atoms with van der Waals surface area (Å²) in [6, 6.07) is 0. The molecule has 0 unspecified atom stereocenters. The summed E-state index contributed by atoms with van der Waals surface area (Å²) in [5.41, 5.74) is 0. The third-order valence-electron chi connectivity index (χ3n) is 23.0. The van der Waals surface area contributed by atoms with Crippen molar-refractivity contribution in [2.75, 3.05) is 75.0 Å². The van der Waals surface area contributed by atoms with Gasteiger partial charge in [0.25, 0.3) is 0 Å². The van der Waals surface area contributed by atoms with E-state index >= 15 is 0 Å². The van der Waals surface area contributed by atoms with E-state index in [0.29, 0.717) is 65.1 Å². The van der Waals surface area contributed by atoms with Crippen LogP contribution >= 0.6 is 0 Å². The van der Waals surface area contributed by atoms with Gasteiger partial charge in [0.15, 0.2) is 0 Å². The van der Waals surface area contributed by atoms with Crippen LogP contribution in [0.5, 0.6) is 0 Å². The summed E-state index contributed by atoms with van der Waals surface area (Å²) in [7, 11) is 10.9. The molecule has 8 saturated carbocycles. The molecule has 8 amide bonds. The topological polar surface area (TPSA) is 206 Å². The molecule has 0 aliphatic heterocycles. The predicted octanol–water partition coefficient (Wildman–Crippen LogP) is 26.8. The Balaban J connectivity index is -0.000000192. The van der Waals surface area contributed by atoms with E-state index in [2.05, 4.69) is 193 Å². The number of rotatable bonds is 13. The molecule has 16 nitrogen and oxygen atoms in total. The van der Waals surface area contributed by atoms with Crippen molar-refractivity contribution in [3.8, 4) is 0 Å². The highest BCUT2D eigenvalue weighted by Gasteiger charge is 2.31. The first-order valence-electron chi connectivity index (χ1n) is 50.9. The van der Waals surface area contributed by atoms with E-state index in [9.17, 15) is 38.4 Å². The number of hydrogen-bond donors (Lipinski definition) is 5. The second kappa shape index (κ2) is 92.4. The van der Waals surface area contributed by atoms with E-state index in [1.54, 1.807) is 21.1 Å². The third kappa shape index (κ3) is 76.2. The fourth-order valence-electron chi connectivity index (χ4n) is 14.8. The highest BCUT2D eigenvalue weighted by molar-refractivity contribution is 5.81. The van der Waals surface area contributed by atoms with Crippen LogP contribution in [0, 0.1) is 94.7 Å². The summed E-state index contributed by atoms with van der Waals surface area (Å²) in [5.74, 6) is 11.4. The minimum atomic E-state index is 0.233. The van der Waals surface area contributed by atoms with Crippen LogP contribution in [0.25, 0.3) is 0 Å². The molecule has 720 valence electrons. The van der Waals surface area contributed by atoms with E-state index in [1.165, 1.54) is 154 Å². The molecule has 0 bridgehead atoms. The Hall–Kier alpha value is -4.24. The van der Waals surface area contributed by atoms with E-state index in [0.717, 1.165) is 183 Å². The van der Waals surface area contributed by atoms with Crippen molar-refractivity contribution < 1.29 is 38.4 Å². The number of carbonyl (C=O) groups excluding carboxylic acids is 8. The second-order valence-electron chi connectivity index (χ2n) is 37.0. The van der Waals surface area contributed by atoms with Gasteiger partial charge in [-0.25, -0.2) is 0 Å². The lowest BCUT2D eigenvalue weighted by Crippen LogP contribution is -2.34. The largest absolute Gasteiger partial charge is 0.359 e. The molecule has 8 aliphatic carbocycles. The van der Waals surface area contributed by atoms with Gasteiger partial charge in [-0.15, -0.1) is 0 Å². The molecule has 0 aromatic carbocycles. The Kier molecular flexibility index (Phi) is 101. The standard InChI is InChI=1S/3C11H21NO.2C10H19NO.3C9H17NO.8C3H8/c3*1-4-12(3)11(13)10-7-5-9(2)6-8-10;2*1-3-11-10(12)9-6-4-8(2)5-7-9;3*1-7-3-5-8(6-4-7)9(11)10-2;8*1-3-2/h3*9-10H,4-8H2,1-3H3;2*8-9H,3-7H2,1-2H3,(H,11,12);3*7-8H,3-6H2,1-2H3,(H,10,11);8*3H2,1-2H3. The number of amides is 8. The van der Waals surface area contributed by atoms with Crippen molar-refractivity contribution in [3.05, 3.63) is 0 Å². The fraction of sp³-hybridized carbons (Fsp3) is 0.923. The van der Waals surface area contributed by atoms with Crippen LogP contribution in [-0.2, 0) is 38.4 Å². The van der Waals surface area contributed by atoms with Crippen LogP contribution < -0.4 is 26.6 Å². The van der Waals surface area contributed by atoms with E-state index < -0.39 is 0 Å². The smallest absolute Gasteiger partial charge is 0.225 e. The molecule has 8 rings (SSSR count). The molecule has 0 heterocycles. The van der Waals surface area contributed by atoms with Crippen LogP contribution in [0.2, 0.25) is 0 Å². The first-order valence-corrected chi connectivity index (χ1v) is 50.9. The Morgan fingerprint density at radius 1 is 0.200 bits per heavy atom. The molecule has 0 aromatic rings. The van der Waals surface area contributed by atoms with Gasteiger partial charge in [0.2, 0.25) is 47.3 Å². The zero-order chi connectivity index (χ0) is 93.9. The van der Waals surface area contributed by atoms with Gasteiger partial charge in [-0.05, 0) is 287 Å². The molecule has 120 heavy (non-hydrogen) atoms. The minimum Gasteiger partial charge on any atom is -0.359 e. The monoisotopic (exact) mass is 1710 g/mol. The highest BCUT2D eigenvalue weighted by Crippen LogP contribution is 2.35. The number of nitrogens with zero attached hydrogens (tertiary/aromatic N) is 3. The lowest BCUT2D eigenvalue weighted by atomic mass is 9.82. The first kappa shape index (κ1) is 131. The molecule has 8 aliphatic rings. The molecule has 0 atom stereocenters. The molecular weight excluding hydrogens is 1490 g/mol. The van der Waals surface area contributed by atoms with E-state index in [1.807, 2.05) is 70.5 Å². The quantitative estimate of drug-likeness (QED) is 0.120. The maximum atomic E-state index is 11.8. The summed E-state index contributed by atoms with van der Waals surface area (Å²) >= 11 is 0. The molecule has 5 N–H and O–H groups in total. The summed E-state index contributed by atoms with van der Waals surface area (Å²) in [6.07, 6.45) is 47.1. The van der Waals surface area contributed by atoms with Gasteiger partial charge in [-0.2, -0.15) is 0 Å². The van der Waals surface area contributed by atoms with Gasteiger partial charge in [0.1, 0.15) is 0 Å². The lowest BCUT2D eigenvalue weighted by molar-refractivity contribution is -0.136. The zero-order valence-electron chi connectivity index (χ0n) is 87.2. The highest BCUT2D eigenvalue weighted by atomic mass is 16.2. The van der Waals surface area contributed by atoms with Crippen molar-refractivity contribution in [3.63, 3.8) is 0 Å². The molecule has 0 saturated heterocycles. The first-order chi connectivity index (χ1) is 56.9. The van der Waals surface area contributed by atoms with Gasteiger partial charge in [-0.1, -0.05) is 218 Å². The third-order valence-corrected chi connectivity index (χ3v) is 23.0. The molecule has 0 aromatic heterocycles. The van der Waals surface area contributed by atoms with Gasteiger partial charge < -0.3 is 41.3 Å². The van der Waals surface area contributed by atoms with Crippen LogP contribution in [0.1, 0.15) is 458 Å². The SMILES string of the molecule is CCC.CCC.CCC.CCC.CCC.CCC.CCC.CCC.CCN(C)C(=O)C1CCC(C)CC1.CCN(C)C(=O)C1CCC(C)CC1.CCN(C)C(=O)C1CCC(C)CC1.CCNC(=O)C1CCC(C)CC1.CCNC(=O)C1CCC(C)CC1.CNC(=O)C1CCC(C)CC1.CNC(=O)C1CCC(C)CC1.CNC(=O)C1CCC(C)CC1. The van der Waals surface area contributed by atoms with Crippen molar-refractivity contribution in [2.45, 2.75) is 458 Å². The van der Waals surface area contributed by atoms with Gasteiger partial charge >= 0.3 is 0 Å². The predicted molar refractivity (Wildman–Crippen MR) is 526 cm³/mol. The van der Waals surface area contributed by atoms with Crippen LogP contribution in [0.3, 0.4) is 0 Å². The van der Waals surface area contributed by atoms with Crippen LogP contribution in [0.4, 0.5) is 0 Å². The van der Waals surface area contributed by atoms with Gasteiger partial charge in [0, 0.05) is 122 Å². The zero-order valence-corrected chi connectivity index (χ0v) is 87.2. The van der Waals surface area contributed by atoms with Crippen LogP contribution in [-0.4, -0.2) is 137 Å². The minimum absolute atomic E-state index is 0.233. The Morgan fingerprint density at radius 2 is 0.308 bits per heavy atom. The summed E-state index contributed by atoms with van der Waals surface area (Å²) in [5, 5.41) is 13.9. The normalized spacial score (nSPS) is 25.1. The molecule has 0 spiro atoms. The van der Waals surface area contributed by atoms with Crippen molar-refractivity contribution in [1.29, 1.82) is 0 Å². The molecule has 16 heteroatoms. The summed E-state index contributed by atoms with van der Waals surface area (Å²) in [4.78, 5) is 97.1. The fourth-order valence-corrected chi connectivity index (χ4v) is 14.8. The van der Waals surface area contributed by atoms with Crippen LogP contribution in [0.15, 0.2) is 0 Å². The summed E-state index contributed by atoms with van der Waals surface area (Å²) < 4.78 is 0. The second-order valence-corrected chi connectivity index (χ2v) is 37.0. The van der Waals surface area contributed by atoms with Crippen molar-refractivity contribution in [2.24, 2.45) is 94.7 Å². The summed E-state index contributed by atoms with van der Waals surface area (Å²) in [6.45, 7) is 66.3. The van der Waals surface area contributed by atoms with Gasteiger partial charge in [0.05, 0.1) is 0 Å².